The molecule has 0 N–H and O–H groups in total. The van der Waals surface area contributed by atoms with Gasteiger partial charge in [0.1, 0.15) is 5.82 Å². The Morgan fingerprint density at radius 1 is 0.523 bits per heavy atom. The number of aromatic nitrogens is 2. The molecule has 204 valence electrons. The molecule has 0 aliphatic heterocycles. The molecule has 0 fully saturated rings. The van der Waals surface area contributed by atoms with Crippen molar-refractivity contribution in [2.24, 2.45) is 0 Å². The van der Waals surface area contributed by atoms with E-state index >= 15 is 0 Å². The van der Waals surface area contributed by atoms with E-state index in [1.165, 1.54) is 58.6 Å². The summed E-state index contributed by atoms with van der Waals surface area (Å²) in [6.07, 6.45) is 0. The number of fused-ring (bicyclic) bond motifs is 13. The lowest BCUT2D eigenvalue weighted by Crippen LogP contribution is -2.07. The van der Waals surface area contributed by atoms with Gasteiger partial charge in [0.2, 0.25) is 0 Å². The highest BCUT2D eigenvalue weighted by atomic mass is 32.1. The highest BCUT2D eigenvalue weighted by molar-refractivity contribution is 7.26. The molecular weight excluding hydrogens is 553 g/mol. The van der Waals surface area contributed by atoms with Gasteiger partial charge in [0.25, 0.3) is 0 Å². The summed E-state index contributed by atoms with van der Waals surface area (Å²) < 4.78 is 2.65. The summed E-state index contributed by atoms with van der Waals surface area (Å²) in [5.41, 5.74) is 8.31. The Morgan fingerprint density at radius 3 is 2.11 bits per heavy atom. The van der Waals surface area contributed by atoms with Gasteiger partial charge in [-0.15, -0.1) is 11.3 Å². The van der Waals surface area contributed by atoms with Crippen molar-refractivity contribution < 1.29 is 0 Å². The number of benzene rings is 7. The van der Waals surface area contributed by atoms with Gasteiger partial charge in [-0.2, -0.15) is 0 Å². The topological polar surface area (TPSA) is 25.8 Å². The van der Waals surface area contributed by atoms with Gasteiger partial charge in [-0.3, -0.25) is 0 Å². The molecule has 2 aromatic heterocycles. The van der Waals surface area contributed by atoms with Crippen LogP contribution in [0.25, 0.3) is 75.0 Å². The van der Waals surface area contributed by atoms with E-state index in [0.29, 0.717) is 0 Å². The Balaban J connectivity index is 1.39. The molecule has 9 aromatic rings. The SMILES string of the molecule is c1ccc(-c2nc(C3c4ccccc4-c4c3c3sc5ccccc5c3c3ccccc43)nc3c2ccc2ccccc23)cc1. The fraction of sp³-hybridized carbons (Fsp3) is 0.0244. The van der Waals surface area contributed by atoms with Crippen molar-refractivity contribution in [1.29, 1.82) is 0 Å². The summed E-state index contributed by atoms with van der Waals surface area (Å²) >= 11 is 1.90. The zero-order valence-electron chi connectivity index (χ0n) is 23.7. The minimum atomic E-state index is -0.0906. The van der Waals surface area contributed by atoms with Crippen molar-refractivity contribution in [1.82, 2.24) is 9.97 Å². The second kappa shape index (κ2) is 9.06. The molecule has 1 unspecified atom stereocenters. The van der Waals surface area contributed by atoms with Crippen molar-refractivity contribution in [2.75, 3.05) is 0 Å². The molecule has 1 aliphatic rings. The van der Waals surface area contributed by atoms with E-state index in [-0.39, 0.29) is 5.92 Å². The first kappa shape index (κ1) is 24.1. The lowest BCUT2D eigenvalue weighted by Gasteiger charge is -2.18. The normalized spacial score (nSPS) is 14.1. The van der Waals surface area contributed by atoms with Crippen molar-refractivity contribution >= 4 is 64.0 Å². The summed E-state index contributed by atoms with van der Waals surface area (Å²) in [7, 11) is 0. The monoisotopic (exact) mass is 576 g/mol. The smallest absolute Gasteiger partial charge is 0.141 e. The Labute approximate surface area is 257 Å². The molecule has 0 bridgehead atoms. The maximum atomic E-state index is 5.50. The zero-order valence-corrected chi connectivity index (χ0v) is 24.5. The van der Waals surface area contributed by atoms with Crippen LogP contribution in [0.3, 0.4) is 0 Å². The average molecular weight is 577 g/mol. The van der Waals surface area contributed by atoms with Gasteiger partial charge in [0.05, 0.1) is 17.1 Å². The van der Waals surface area contributed by atoms with Crippen LogP contribution in [0.15, 0.2) is 140 Å². The van der Waals surface area contributed by atoms with E-state index in [2.05, 4.69) is 140 Å². The standard InChI is InChI=1S/C41H24N2S/c1-2-13-25(14-3-1)38-32-23-22-24-12-4-5-15-26(24)39(32)43-41(42-38)36-30-19-9-7-17-28(30)34-27-16-6-8-18-29(27)35-31-20-10-11-21-33(31)44-40(35)37(34)36/h1-23,36H. The maximum Gasteiger partial charge on any atom is 0.141 e. The Bertz CT molecular complexity index is 2620. The average Bonchev–Trinajstić information content (AvgIpc) is 3.65. The Morgan fingerprint density at radius 2 is 1.23 bits per heavy atom. The van der Waals surface area contributed by atoms with E-state index < -0.39 is 0 Å². The second-order valence-electron chi connectivity index (χ2n) is 11.6. The van der Waals surface area contributed by atoms with Crippen LogP contribution in [0.1, 0.15) is 22.9 Å². The van der Waals surface area contributed by atoms with Crippen LogP contribution in [-0.4, -0.2) is 9.97 Å². The highest BCUT2D eigenvalue weighted by Crippen LogP contribution is 2.56. The number of hydrogen-bond acceptors (Lipinski definition) is 3. The molecule has 7 aromatic carbocycles. The first-order valence-corrected chi connectivity index (χ1v) is 15.9. The molecule has 3 heteroatoms. The third kappa shape index (κ3) is 3.25. The molecule has 2 heterocycles. The van der Waals surface area contributed by atoms with E-state index in [9.17, 15) is 0 Å². The third-order valence-corrected chi connectivity index (χ3v) is 10.5. The minimum Gasteiger partial charge on any atom is -0.231 e. The van der Waals surface area contributed by atoms with Crippen LogP contribution in [0.2, 0.25) is 0 Å². The number of nitrogens with zero attached hydrogens (tertiary/aromatic N) is 2. The highest BCUT2D eigenvalue weighted by Gasteiger charge is 2.36. The lowest BCUT2D eigenvalue weighted by atomic mass is 9.90. The fourth-order valence-electron chi connectivity index (χ4n) is 7.47. The third-order valence-electron chi connectivity index (χ3n) is 9.32. The summed E-state index contributed by atoms with van der Waals surface area (Å²) in [4.78, 5) is 11.0. The molecule has 1 atom stereocenters. The number of thiophene rings is 1. The molecule has 44 heavy (non-hydrogen) atoms. The molecule has 10 rings (SSSR count). The van der Waals surface area contributed by atoms with Gasteiger partial charge in [-0.05, 0) is 50.5 Å². The number of hydrogen-bond donors (Lipinski definition) is 0. The van der Waals surface area contributed by atoms with Crippen LogP contribution < -0.4 is 0 Å². The van der Waals surface area contributed by atoms with Crippen LogP contribution in [0.4, 0.5) is 0 Å². The van der Waals surface area contributed by atoms with Crippen LogP contribution in [-0.2, 0) is 0 Å². The van der Waals surface area contributed by atoms with Crippen molar-refractivity contribution in [2.45, 2.75) is 5.92 Å². The molecule has 0 amide bonds. The zero-order chi connectivity index (χ0) is 28.8. The van der Waals surface area contributed by atoms with Crippen molar-refractivity contribution in [3.05, 3.63) is 156 Å². The number of rotatable bonds is 2. The maximum absolute atomic E-state index is 5.50. The lowest BCUT2D eigenvalue weighted by molar-refractivity contribution is 0.899. The first-order valence-electron chi connectivity index (χ1n) is 15.0. The van der Waals surface area contributed by atoms with Crippen LogP contribution in [0, 0.1) is 0 Å². The molecule has 0 saturated heterocycles. The van der Waals surface area contributed by atoms with Crippen molar-refractivity contribution in [3.63, 3.8) is 0 Å². The Kier molecular flexibility index (Phi) is 4.96. The van der Waals surface area contributed by atoms with E-state index in [4.69, 9.17) is 9.97 Å². The van der Waals surface area contributed by atoms with Gasteiger partial charge in [-0.25, -0.2) is 9.97 Å². The molecule has 0 saturated carbocycles. The molecular formula is C41H24N2S. The minimum absolute atomic E-state index is 0.0906. The van der Waals surface area contributed by atoms with Crippen LogP contribution >= 0.6 is 11.3 Å². The molecule has 0 radical (unpaired) electrons. The summed E-state index contributed by atoms with van der Waals surface area (Å²) in [6.45, 7) is 0. The molecule has 1 aliphatic carbocycles. The van der Waals surface area contributed by atoms with Gasteiger partial charge in [0, 0.05) is 36.5 Å². The van der Waals surface area contributed by atoms with E-state index in [0.717, 1.165) is 33.4 Å². The Hall–Kier alpha value is -5.38. The van der Waals surface area contributed by atoms with E-state index in [1.807, 2.05) is 11.3 Å². The van der Waals surface area contributed by atoms with Gasteiger partial charge >= 0.3 is 0 Å². The first-order chi connectivity index (χ1) is 21.8. The quantitative estimate of drug-likeness (QED) is 0.191. The summed E-state index contributed by atoms with van der Waals surface area (Å²) in [5.74, 6) is 0.764. The van der Waals surface area contributed by atoms with Crippen molar-refractivity contribution in [3.8, 4) is 22.4 Å². The van der Waals surface area contributed by atoms with Gasteiger partial charge in [0.15, 0.2) is 0 Å². The van der Waals surface area contributed by atoms with E-state index in [1.54, 1.807) is 0 Å². The predicted octanol–water partition coefficient (Wildman–Crippen LogP) is 11.1. The molecule has 0 spiro atoms. The van der Waals surface area contributed by atoms with Gasteiger partial charge in [-0.1, -0.05) is 127 Å². The second-order valence-corrected chi connectivity index (χ2v) is 12.7. The largest absolute Gasteiger partial charge is 0.231 e. The summed E-state index contributed by atoms with van der Waals surface area (Å²) in [6, 6.07) is 50.2. The predicted molar refractivity (Wildman–Crippen MR) is 186 cm³/mol. The fourth-order valence-corrected chi connectivity index (χ4v) is 8.77. The summed E-state index contributed by atoms with van der Waals surface area (Å²) in [5, 5.41) is 8.68. The van der Waals surface area contributed by atoms with Crippen LogP contribution in [0.5, 0.6) is 0 Å². The van der Waals surface area contributed by atoms with Gasteiger partial charge < -0.3 is 0 Å². The molecule has 2 nitrogen and oxygen atoms in total.